The van der Waals surface area contributed by atoms with Gasteiger partial charge >= 0.3 is 5.97 Å². The first-order chi connectivity index (χ1) is 10.6. The number of likely N-dealkylation sites (tertiary alicyclic amines) is 1. The number of hydrogen-bond donors (Lipinski definition) is 1. The first-order valence-corrected chi connectivity index (χ1v) is 8.24. The molecule has 2 aliphatic rings. The minimum Gasteiger partial charge on any atom is -0.480 e. The van der Waals surface area contributed by atoms with Crippen molar-refractivity contribution in [3.8, 4) is 0 Å². The van der Waals surface area contributed by atoms with Gasteiger partial charge in [0.2, 0.25) is 0 Å². The maximum absolute atomic E-state index is 12.7. The Balaban J connectivity index is 1.80. The number of carboxylic acids is 1. The lowest BCUT2D eigenvalue weighted by Gasteiger charge is -2.24. The molecule has 1 saturated heterocycles. The largest absolute Gasteiger partial charge is 0.480 e. The Morgan fingerprint density at radius 1 is 1.23 bits per heavy atom. The van der Waals surface area contributed by atoms with Crippen molar-refractivity contribution < 1.29 is 14.7 Å². The number of aliphatic carboxylic acids is 1. The third-order valence-corrected chi connectivity index (χ3v) is 5.14. The van der Waals surface area contributed by atoms with Gasteiger partial charge in [-0.25, -0.2) is 4.79 Å². The van der Waals surface area contributed by atoms with Gasteiger partial charge in [-0.1, -0.05) is 31.9 Å². The summed E-state index contributed by atoms with van der Waals surface area (Å²) in [6, 6.07) is 6.98. The van der Waals surface area contributed by atoms with Crippen LogP contribution in [-0.4, -0.2) is 34.5 Å². The van der Waals surface area contributed by atoms with E-state index in [1.165, 1.54) is 5.56 Å². The summed E-state index contributed by atoms with van der Waals surface area (Å²) in [5.74, 6) is -0.486. The maximum Gasteiger partial charge on any atom is 0.326 e. The summed E-state index contributed by atoms with van der Waals surface area (Å²) in [4.78, 5) is 25.9. The highest BCUT2D eigenvalue weighted by atomic mass is 16.4. The molecule has 4 nitrogen and oxygen atoms in total. The molecule has 1 aliphatic heterocycles. The Morgan fingerprint density at radius 3 is 2.59 bits per heavy atom. The average molecular weight is 301 g/mol. The fourth-order valence-electron chi connectivity index (χ4n) is 4.10. The van der Waals surface area contributed by atoms with E-state index in [9.17, 15) is 14.7 Å². The third-order valence-electron chi connectivity index (χ3n) is 5.14. The average Bonchev–Trinajstić information content (AvgIpc) is 3.07. The van der Waals surface area contributed by atoms with Gasteiger partial charge in [0.15, 0.2) is 0 Å². The monoisotopic (exact) mass is 301 g/mol. The molecule has 1 aromatic carbocycles. The van der Waals surface area contributed by atoms with Gasteiger partial charge in [0.25, 0.3) is 5.91 Å². The number of carbonyl (C=O) groups excluding carboxylic acids is 1. The van der Waals surface area contributed by atoms with Crippen molar-refractivity contribution in [3.05, 3.63) is 35.4 Å². The molecule has 1 saturated carbocycles. The molecule has 0 spiro atoms. The van der Waals surface area contributed by atoms with E-state index in [1.807, 2.05) is 24.3 Å². The van der Waals surface area contributed by atoms with E-state index in [-0.39, 0.29) is 11.8 Å². The van der Waals surface area contributed by atoms with Crippen LogP contribution < -0.4 is 0 Å². The summed E-state index contributed by atoms with van der Waals surface area (Å²) in [5, 5.41) is 9.55. The molecular weight excluding hydrogens is 278 g/mol. The lowest BCUT2D eigenvalue weighted by atomic mass is 9.94. The van der Waals surface area contributed by atoms with Gasteiger partial charge < -0.3 is 10.0 Å². The fraction of sp³-hybridized carbons (Fsp3) is 0.556. The van der Waals surface area contributed by atoms with Crippen LogP contribution in [0, 0.1) is 11.8 Å². The van der Waals surface area contributed by atoms with Crippen LogP contribution in [0.25, 0.3) is 0 Å². The fourth-order valence-corrected chi connectivity index (χ4v) is 4.10. The van der Waals surface area contributed by atoms with Gasteiger partial charge in [-0.15, -0.1) is 0 Å². The van der Waals surface area contributed by atoms with E-state index in [0.29, 0.717) is 18.0 Å². The number of carboxylic acid groups (broad SMARTS) is 1. The van der Waals surface area contributed by atoms with E-state index in [4.69, 9.17) is 0 Å². The van der Waals surface area contributed by atoms with E-state index >= 15 is 0 Å². The number of carbonyl (C=O) groups is 2. The van der Waals surface area contributed by atoms with Crippen LogP contribution in [0.3, 0.4) is 0 Å². The highest BCUT2D eigenvalue weighted by Gasteiger charge is 2.49. The SMILES string of the molecule is CCCc1ccc(C(=O)N2CC3CCCC3C2C(=O)O)cc1. The molecule has 22 heavy (non-hydrogen) atoms. The van der Waals surface area contributed by atoms with Gasteiger partial charge in [0, 0.05) is 12.1 Å². The molecule has 4 heteroatoms. The van der Waals surface area contributed by atoms with Crippen molar-refractivity contribution in [2.45, 2.75) is 45.1 Å². The van der Waals surface area contributed by atoms with Crippen molar-refractivity contribution in [2.75, 3.05) is 6.54 Å². The Kier molecular flexibility index (Phi) is 4.19. The maximum atomic E-state index is 12.7. The molecule has 2 fully saturated rings. The zero-order valence-corrected chi connectivity index (χ0v) is 13.0. The number of aryl methyl sites for hydroxylation is 1. The predicted molar refractivity (Wildman–Crippen MR) is 83.7 cm³/mol. The van der Waals surface area contributed by atoms with Gasteiger partial charge in [-0.2, -0.15) is 0 Å². The zero-order chi connectivity index (χ0) is 15.7. The molecule has 1 aromatic rings. The Hall–Kier alpha value is -1.84. The minimum absolute atomic E-state index is 0.134. The van der Waals surface area contributed by atoms with Crippen molar-refractivity contribution in [3.63, 3.8) is 0 Å². The molecule has 3 atom stereocenters. The molecule has 118 valence electrons. The van der Waals surface area contributed by atoms with Gasteiger partial charge in [-0.3, -0.25) is 4.79 Å². The summed E-state index contributed by atoms with van der Waals surface area (Å²) in [5.41, 5.74) is 1.82. The Bertz CT molecular complexity index is 566. The van der Waals surface area contributed by atoms with Crippen LogP contribution >= 0.6 is 0 Å². The number of hydrogen-bond acceptors (Lipinski definition) is 2. The van der Waals surface area contributed by atoms with Crippen molar-refractivity contribution >= 4 is 11.9 Å². The van der Waals surface area contributed by atoms with Crippen molar-refractivity contribution in [1.82, 2.24) is 4.90 Å². The number of rotatable bonds is 4. The summed E-state index contributed by atoms with van der Waals surface area (Å²) in [7, 11) is 0. The van der Waals surface area contributed by atoms with Crippen molar-refractivity contribution in [2.24, 2.45) is 11.8 Å². The van der Waals surface area contributed by atoms with Crippen LogP contribution in [0.5, 0.6) is 0 Å². The van der Waals surface area contributed by atoms with E-state index in [2.05, 4.69) is 6.92 Å². The van der Waals surface area contributed by atoms with Gasteiger partial charge in [0.05, 0.1) is 0 Å². The predicted octanol–water partition coefficient (Wildman–Crippen LogP) is 2.96. The third kappa shape index (κ3) is 2.62. The smallest absolute Gasteiger partial charge is 0.326 e. The summed E-state index contributed by atoms with van der Waals surface area (Å²) in [6.45, 7) is 2.72. The van der Waals surface area contributed by atoms with Gasteiger partial charge in [0.1, 0.15) is 6.04 Å². The minimum atomic E-state index is -0.856. The van der Waals surface area contributed by atoms with Gasteiger partial charge in [-0.05, 0) is 48.8 Å². The van der Waals surface area contributed by atoms with Crippen molar-refractivity contribution in [1.29, 1.82) is 0 Å². The van der Waals surface area contributed by atoms with E-state index < -0.39 is 12.0 Å². The zero-order valence-electron chi connectivity index (χ0n) is 13.0. The van der Waals surface area contributed by atoms with Crippen LogP contribution in [0.15, 0.2) is 24.3 Å². The van der Waals surface area contributed by atoms with E-state index in [1.54, 1.807) is 4.90 Å². The van der Waals surface area contributed by atoms with Crippen LogP contribution in [0.1, 0.15) is 48.5 Å². The highest BCUT2D eigenvalue weighted by Crippen LogP contribution is 2.42. The highest BCUT2D eigenvalue weighted by molar-refractivity contribution is 5.97. The standard InChI is InChI=1S/C18H23NO3/c1-2-4-12-7-9-13(10-8-12)17(20)19-11-14-5-3-6-15(14)16(19)18(21)22/h7-10,14-16H,2-6,11H2,1H3,(H,21,22). The summed E-state index contributed by atoms with van der Waals surface area (Å²) < 4.78 is 0. The lowest BCUT2D eigenvalue weighted by Crippen LogP contribution is -2.43. The molecule has 1 amide bonds. The summed E-state index contributed by atoms with van der Waals surface area (Å²) in [6.07, 6.45) is 5.14. The number of amides is 1. The molecule has 0 radical (unpaired) electrons. The first-order valence-electron chi connectivity index (χ1n) is 8.24. The van der Waals surface area contributed by atoms with Crippen LogP contribution in [0.4, 0.5) is 0 Å². The molecule has 1 aliphatic carbocycles. The molecule has 0 aromatic heterocycles. The quantitative estimate of drug-likeness (QED) is 0.930. The second-order valence-corrected chi connectivity index (χ2v) is 6.54. The van der Waals surface area contributed by atoms with E-state index in [0.717, 1.165) is 32.1 Å². The second-order valence-electron chi connectivity index (χ2n) is 6.54. The number of fused-ring (bicyclic) bond motifs is 1. The Morgan fingerprint density at radius 2 is 1.95 bits per heavy atom. The van der Waals surface area contributed by atoms with Crippen LogP contribution in [-0.2, 0) is 11.2 Å². The van der Waals surface area contributed by atoms with Crippen LogP contribution in [0.2, 0.25) is 0 Å². The lowest BCUT2D eigenvalue weighted by molar-refractivity contribution is -0.142. The topological polar surface area (TPSA) is 57.6 Å². The first kappa shape index (κ1) is 15.1. The normalized spacial score (nSPS) is 27.0. The number of benzene rings is 1. The molecule has 0 bridgehead atoms. The summed E-state index contributed by atoms with van der Waals surface area (Å²) >= 11 is 0. The molecule has 3 unspecified atom stereocenters. The molecular formula is C18H23NO3. The number of nitrogens with zero attached hydrogens (tertiary/aromatic N) is 1. The molecule has 3 rings (SSSR count). The molecule has 1 heterocycles. The molecule has 1 N–H and O–H groups in total. The second kappa shape index (κ2) is 6.11. The Labute approximate surface area is 131 Å².